The second kappa shape index (κ2) is 12.3. The zero-order valence-electron chi connectivity index (χ0n) is 24.4. The first-order valence-electron chi connectivity index (χ1n) is 13.6. The molecule has 0 saturated carbocycles. The van der Waals surface area contributed by atoms with Crippen molar-refractivity contribution >= 4 is 11.9 Å². The van der Waals surface area contributed by atoms with E-state index in [1.54, 1.807) is 12.1 Å². The topological polar surface area (TPSA) is 93.1 Å². The molecule has 0 fully saturated rings. The molecule has 212 valence electrons. The average molecular weight is 553 g/mol. The third-order valence-electron chi connectivity index (χ3n) is 7.39. The summed E-state index contributed by atoms with van der Waals surface area (Å²) in [7, 11) is 0. The molecule has 2 N–H and O–H groups in total. The maximum Gasteiger partial charge on any atom is 0.308 e. The summed E-state index contributed by atoms with van der Waals surface area (Å²) in [6.07, 6.45) is 1.08. The first-order chi connectivity index (χ1) is 19.4. The Morgan fingerprint density at radius 2 is 1.20 bits per heavy atom. The number of rotatable bonds is 8. The lowest BCUT2D eigenvalue weighted by Gasteiger charge is -2.20. The minimum atomic E-state index is -0.446. The largest absolute Gasteiger partial charge is 0.508 e. The first kappa shape index (κ1) is 29.4. The lowest BCUT2D eigenvalue weighted by Crippen LogP contribution is -2.10. The Morgan fingerprint density at radius 1 is 0.634 bits per heavy atom. The molecule has 4 rings (SSSR count). The van der Waals surface area contributed by atoms with E-state index in [0.717, 1.165) is 50.1 Å². The molecule has 0 atom stereocenters. The highest BCUT2D eigenvalue weighted by Gasteiger charge is 2.21. The zero-order chi connectivity index (χ0) is 29.8. The summed E-state index contributed by atoms with van der Waals surface area (Å²) in [6.45, 7) is 10.5. The quantitative estimate of drug-likeness (QED) is 0.181. The molecule has 0 heterocycles. The fourth-order valence-corrected chi connectivity index (χ4v) is 5.10. The van der Waals surface area contributed by atoms with Crippen molar-refractivity contribution in [1.82, 2.24) is 0 Å². The molecule has 0 radical (unpaired) electrons. The molecule has 0 spiro atoms. The summed E-state index contributed by atoms with van der Waals surface area (Å²) in [6, 6.07) is 18.8. The number of carbonyl (C=O) groups excluding carboxylic acids is 2. The van der Waals surface area contributed by atoms with Gasteiger partial charge in [-0.2, -0.15) is 0 Å². The van der Waals surface area contributed by atoms with E-state index in [1.807, 2.05) is 76.2 Å². The summed E-state index contributed by atoms with van der Waals surface area (Å²) in [5.74, 6) is 0.400. The van der Waals surface area contributed by atoms with E-state index >= 15 is 0 Å². The van der Waals surface area contributed by atoms with Crippen molar-refractivity contribution in [2.45, 2.75) is 60.8 Å². The molecule has 6 nitrogen and oxygen atoms in total. The number of phenols is 2. The molecular weight excluding hydrogens is 516 g/mol. The summed E-state index contributed by atoms with van der Waals surface area (Å²) in [4.78, 5) is 23.9. The van der Waals surface area contributed by atoms with Crippen LogP contribution in [-0.4, -0.2) is 22.2 Å². The van der Waals surface area contributed by atoms with Crippen LogP contribution >= 0.6 is 0 Å². The van der Waals surface area contributed by atoms with Crippen LogP contribution < -0.4 is 9.47 Å². The van der Waals surface area contributed by atoms with Crippen LogP contribution in [-0.2, 0) is 28.9 Å². The molecule has 6 heteroatoms. The van der Waals surface area contributed by atoms with Crippen LogP contribution in [0.5, 0.6) is 23.0 Å². The summed E-state index contributed by atoms with van der Waals surface area (Å²) in [5.41, 5.74) is 8.23. The number of benzene rings is 4. The van der Waals surface area contributed by atoms with Crippen LogP contribution in [0.1, 0.15) is 69.5 Å². The smallest absolute Gasteiger partial charge is 0.308 e. The second-order valence-corrected chi connectivity index (χ2v) is 10.6. The number of aromatic hydroxyl groups is 2. The van der Waals surface area contributed by atoms with E-state index in [0.29, 0.717) is 36.3 Å². The predicted molar refractivity (Wildman–Crippen MR) is 159 cm³/mol. The molecular formula is C35H36O6. The maximum atomic E-state index is 12.2. The highest BCUT2D eigenvalue weighted by molar-refractivity contribution is 5.72. The third kappa shape index (κ3) is 6.77. The summed E-state index contributed by atoms with van der Waals surface area (Å²) >= 11 is 0. The number of hydrogen-bond acceptors (Lipinski definition) is 6. The average Bonchev–Trinajstić information content (AvgIpc) is 2.89. The van der Waals surface area contributed by atoms with Crippen molar-refractivity contribution in [3.05, 3.63) is 116 Å². The van der Waals surface area contributed by atoms with E-state index in [9.17, 15) is 19.8 Å². The van der Waals surface area contributed by atoms with Crippen LogP contribution in [0.4, 0.5) is 0 Å². The van der Waals surface area contributed by atoms with Crippen molar-refractivity contribution in [3.63, 3.8) is 0 Å². The molecule has 0 amide bonds. The first-order valence-corrected chi connectivity index (χ1v) is 13.6. The molecule has 4 aromatic rings. The van der Waals surface area contributed by atoms with Gasteiger partial charge in [0, 0.05) is 49.8 Å². The Bertz CT molecular complexity index is 1610. The van der Waals surface area contributed by atoms with Gasteiger partial charge >= 0.3 is 11.9 Å². The lowest BCUT2D eigenvalue weighted by molar-refractivity contribution is -0.132. The molecule has 41 heavy (non-hydrogen) atoms. The van der Waals surface area contributed by atoms with Gasteiger partial charge < -0.3 is 19.7 Å². The van der Waals surface area contributed by atoms with Crippen molar-refractivity contribution in [1.29, 1.82) is 0 Å². The number of hydrogen-bond donors (Lipinski definition) is 2. The Kier molecular flexibility index (Phi) is 8.82. The molecule has 0 aliphatic heterocycles. The summed E-state index contributed by atoms with van der Waals surface area (Å²) in [5, 5.41) is 22.0. The monoisotopic (exact) mass is 552 g/mol. The lowest BCUT2D eigenvalue weighted by atomic mass is 9.90. The van der Waals surface area contributed by atoms with Crippen LogP contribution in [0.25, 0.3) is 0 Å². The van der Waals surface area contributed by atoms with Crippen LogP contribution in [0.3, 0.4) is 0 Å². The van der Waals surface area contributed by atoms with Crippen LogP contribution in [0, 0.1) is 27.7 Å². The minimum absolute atomic E-state index is 0.148. The highest BCUT2D eigenvalue weighted by Crippen LogP contribution is 2.37. The van der Waals surface area contributed by atoms with Crippen LogP contribution in [0.15, 0.2) is 60.7 Å². The van der Waals surface area contributed by atoms with Gasteiger partial charge in [0.15, 0.2) is 0 Å². The van der Waals surface area contributed by atoms with Gasteiger partial charge in [-0.05, 0) is 78.8 Å². The molecule has 0 aliphatic carbocycles. The fourth-order valence-electron chi connectivity index (χ4n) is 5.10. The Hall–Kier alpha value is -4.58. The second-order valence-electron chi connectivity index (χ2n) is 10.6. The predicted octanol–water partition coefficient (Wildman–Crippen LogP) is 6.95. The molecule has 0 unspecified atom stereocenters. The normalized spacial score (nSPS) is 10.9. The van der Waals surface area contributed by atoms with Gasteiger partial charge in [0.25, 0.3) is 0 Å². The third-order valence-corrected chi connectivity index (χ3v) is 7.39. The Morgan fingerprint density at radius 3 is 1.85 bits per heavy atom. The van der Waals surface area contributed by atoms with Crippen LogP contribution in [0.2, 0.25) is 0 Å². The fraction of sp³-hybridized carbons (Fsp3) is 0.257. The minimum Gasteiger partial charge on any atom is -0.508 e. The van der Waals surface area contributed by atoms with Crippen molar-refractivity contribution in [2.75, 3.05) is 0 Å². The van der Waals surface area contributed by atoms with Gasteiger partial charge in [0.1, 0.15) is 23.0 Å². The van der Waals surface area contributed by atoms with E-state index in [2.05, 4.69) is 0 Å². The van der Waals surface area contributed by atoms with Gasteiger partial charge in [-0.15, -0.1) is 0 Å². The number of phenolic OH excluding ortho intramolecular Hbond substituents is 2. The molecule has 0 saturated heterocycles. The Balaban J connectivity index is 1.77. The number of carbonyl (C=O) groups is 2. The molecule has 0 aromatic heterocycles. The van der Waals surface area contributed by atoms with E-state index in [4.69, 9.17) is 9.47 Å². The Labute approximate surface area is 241 Å². The van der Waals surface area contributed by atoms with E-state index < -0.39 is 11.9 Å². The highest BCUT2D eigenvalue weighted by atomic mass is 16.5. The summed E-state index contributed by atoms with van der Waals surface area (Å²) < 4.78 is 11.2. The number of esters is 2. The van der Waals surface area contributed by atoms with Gasteiger partial charge in [-0.3, -0.25) is 9.59 Å². The maximum absolute atomic E-state index is 12.2. The molecule has 0 aliphatic rings. The van der Waals surface area contributed by atoms with Crippen molar-refractivity contribution in [3.8, 4) is 23.0 Å². The van der Waals surface area contributed by atoms with Gasteiger partial charge in [-0.25, -0.2) is 0 Å². The number of aryl methyl sites for hydroxylation is 4. The van der Waals surface area contributed by atoms with Crippen molar-refractivity contribution in [2.24, 2.45) is 0 Å². The van der Waals surface area contributed by atoms with Crippen molar-refractivity contribution < 1.29 is 29.3 Å². The van der Waals surface area contributed by atoms with Gasteiger partial charge in [-0.1, -0.05) is 48.5 Å². The SMILES string of the molecule is CC(=O)Oc1cc(C)ccc1Cc1c(C)ccc(Cc2c(C)ccc(Cc3c(C)cccc3O)c2OC(C)=O)c1O. The number of ether oxygens (including phenoxy) is 2. The molecule has 4 aromatic carbocycles. The van der Waals surface area contributed by atoms with Gasteiger partial charge in [0.05, 0.1) is 0 Å². The molecule has 0 bridgehead atoms. The zero-order valence-corrected chi connectivity index (χ0v) is 24.4. The van der Waals surface area contributed by atoms with E-state index in [-0.39, 0.29) is 11.5 Å². The standard InChI is InChI=1S/C35H36O6/c1-20-10-13-26(33(16-20)40-24(5)36)17-30-22(3)11-14-27(34(30)39)18-31-23(4)12-15-28(35(31)41-25(6)37)19-29-21(2)8-7-9-32(29)38/h7-16,38-39H,17-19H2,1-6H3. The van der Waals surface area contributed by atoms with Gasteiger partial charge in [0.2, 0.25) is 0 Å². The van der Waals surface area contributed by atoms with E-state index in [1.165, 1.54) is 13.8 Å².